The van der Waals surface area contributed by atoms with E-state index >= 15 is 0 Å². The van der Waals surface area contributed by atoms with Crippen molar-refractivity contribution in [2.75, 3.05) is 19.8 Å². The van der Waals surface area contributed by atoms with Crippen LogP contribution in [0, 0.1) is 0 Å². The van der Waals surface area contributed by atoms with Crippen LogP contribution in [0.1, 0.15) is 5.56 Å². The number of hydrogen-bond donors (Lipinski definition) is 2. The van der Waals surface area contributed by atoms with Crippen LogP contribution in [0.5, 0.6) is 0 Å². The first-order valence-electron chi connectivity index (χ1n) is 7.39. The molecule has 2 N–H and O–H groups in total. The molecule has 0 spiro atoms. The Morgan fingerprint density at radius 2 is 1.65 bits per heavy atom. The first kappa shape index (κ1) is 17.4. The lowest BCUT2D eigenvalue weighted by molar-refractivity contribution is -0.129. The zero-order chi connectivity index (χ0) is 16.7. The second kappa shape index (κ2) is 8.06. The van der Waals surface area contributed by atoms with E-state index in [1.165, 1.54) is 0 Å². The molecule has 122 valence electrons. The van der Waals surface area contributed by atoms with Gasteiger partial charge in [-0.05, 0) is 12.0 Å². The van der Waals surface area contributed by atoms with E-state index in [1.807, 2.05) is 48.5 Å². The van der Waals surface area contributed by atoms with Gasteiger partial charge in [0.15, 0.2) is 7.29 Å². The van der Waals surface area contributed by atoms with E-state index in [0.717, 1.165) is 5.56 Å². The van der Waals surface area contributed by atoms with Gasteiger partial charge in [0.05, 0.1) is 6.54 Å². The molecule has 0 aliphatic rings. The molecular formula is C17H21N2O3P. The van der Waals surface area contributed by atoms with Gasteiger partial charge in [-0.2, -0.15) is 0 Å². The molecule has 2 rings (SSSR count). The fraction of sp³-hybridized carbons (Fsp3) is 0.235. The third-order valence-corrected chi connectivity index (χ3v) is 6.40. The highest BCUT2D eigenvalue weighted by atomic mass is 31.2. The summed E-state index contributed by atoms with van der Waals surface area (Å²) in [4.78, 5) is 11.6. The number of rotatable bonds is 7. The van der Waals surface area contributed by atoms with Gasteiger partial charge in [-0.1, -0.05) is 60.7 Å². The van der Waals surface area contributed by atoms with Gasteiger partial charge >= 0.3 is 0 Å². The van der Waals surface area contributed by atoms with Crippen LogP contribution in [0.4, 0.5) is 0 Å². The third kappa shape index (κ3) is 4.76. The molecule has 2 aromatic rings. The summed E-state index contributed by atoms with van der Waals surface area (Å²) in [5.41, 5.74) is 2.72. The van der Waals surface area contributed by atoms with Crippen molar-refractivity contribution in [1.82, 2.24) is 10.2 Å². The van der Waals surface area contributed by atoms with Crippen LogP contribution in [0.25, 0.3) is 0 Å². The van der Waals surface area contributed by atoms with Gasteiger partial charge in [0.1, 0.15) is 0 Å². The van der Waals surface area contributed by atoms with Gasteiger partial charge in [0.25, 0.3) is 5.91 Å². The largest absolute Gasteiger partial charge is 0.302 e. The minimum atomic E-state index is -2.90. The average molecular weight is 332 g/mol. The summed E-state index contributed by atoms with van der Waals surface area (Å²) < 4.78 is 14.9. The van der Waals surface area contributed by atoms with Crippen LogP contribution in [0.2, 0.25) is 0 Å². The average Bonchev–Trinajstić information content (AvgIpc) is 2.59. The molecule has 23 heavy (non-hydrogen) atoms. The Balaban J connectivity index is 2.19. The highest BCUT2D eigenvalue weighted by Gasteiger charge is 2.28. The topological polar surface area (TPSA) is 69.6 Å². The van der Waals surface area contributed by atoms with E-state index in [4.69, 9.17) is 5.21 Å². The van der Waals surface area contributed by atoms with Crippen molar-refractivity contribution >= 4 is 18.5 Å². The van der Waals surface area contributed by atoms with Crippen LogP contribution in [-0.2, 0) is 15.8 Å². The number of carbonyl (C=O) groups excluding carboxylic acids is 1. The van der Waals surface area contributed by atoms with Gasteiger partial charge in [-0.15, -0.1) is 0 Å². The van der Waals surface area contributed by atoms with Crippen LogP contribution in [0.3, 0.4) is 0 Å². The Morgan fingerprint density at radius 1 is 1.09 bits per heavy atom. The highest BCUT2D eigenvalue weighted by Crippen LogP contribution is 2.44. The van der Waals surface area contributed by atoms with Gasteiger partial charge in [0, 0.05) is 18.5 Å². The number of hydrogen-bond acceptors (Lipinski definition) is 3. The van der Waals surface area contributed by atoms with Gasteiger partial charge in [0.2, 0.25) is 0 Å². The molecule has 0 aliphatic carbocycles. The molecule has 0 aliphatic heterocycles. The van der Waals surface area contributed by atoms with Crippen molar-refractivity contribution in [3.63, 3.8) is 0 Å². The van der Waals surface area contributed by atoms with Crippen molar-refractivity contribution in [3.05, 3.63) is 66.2 Å². The zero-order valence-electron chi connectivity index (χ0n) is 13.1. The van der Waals surface area contributed by atoms with Gasteiger partial charge < -0.3 is 4.57 Å². The summed E-state index contributed by atoms with van der Waals surface area (Å²) in [6.07, 6.45) is 0.671. The third-order valence-electron chi connectivity index (χ3n) is 3.73. The normalized spacial score (nSPS) is 13.5. The molecule has 6 heteroatoms. The molecule has 0 saturated carbocycles. The van der Waals surface area contributed by atoms with Crippen LogP contribution >= 0.6 is 7.29 Å². The molecule has 0 bridgehead atoms. The first-order chi connectivity index (χ1) is 11.0. The lowest BCUT2D eigenvalue weighted by atomic mass is 10.1. The minimum Gasteiger partial charge on any atom is -0.302 e. The number of carbonyl (C=O) groups is 1. The Kier molecular flexibility index (Phi) is 6.11. The standard InChI is InChI=1S/C17H21N2O3P/c1-23(22,16-10-6-3-7-11-16)19(14-17(20)18-21)13-12-15-8-4-2-5-9-15/h2-11,21H,12-14H2,1H3,(H,18,20). The summed E-state index contributed by atoms with van der Waals surface area (Å²) in [6, 6.07) is 18.9. The zero-order valence-corrected chi connectivity index (χ0v) is 13.9. The second-order valence-corrected chi connectivity index (χ2v) is 8.21. The first-order valence-corrected chi connectivity index (χ1v) is 9.50. The van der Waals surface area contributed by atoms with E-state index in [-0.39, 0.29) is 6.54 Å². The predicted molar refractivity (Wildman–Crippen MR) is 91.3 cm³/mol. The van der Waals surface area contributed by atoms with E-state index in [1.54, 1.807) is 28.9 Å². The summed E-state index contributed by atoms with van der Waals surface area (Å²) in [5, 5.41) is 9.48. The number of hydroxylamine groups is 1. The summed E-state index contributed by atoms with van der Waals surface area (Å²) >= 11 is 0. The van der Waals surface area contributed by atoms with E-state index in [9.17, 15) is 9.36 Å². The monoisotopic (exact) mass is 332 g/mol. The Hall–Kier alpha value is -1.94. The van der Waals surface area contributed by atoms with Crippen LogP contribution < -0.4 is 10.8 Å². The molecule has 0 radical (unpaired) electrons. The maximum Gasteiger partial charge on any atom is 0.257 e. The smallest absolute Gasteiger partial charge is 0.257 e. The Bertz CT molecular complexity index is 677. The van der Waals surface area contributed by atoms with Crippen molar-refractivity contribution in [3.8, 4) is 0 Å². The SMILES string of the molecule is CP(=O)(c1ccccc1)N(CCc1ccccc1)CC(=O)NO. The quantitative estimate of drug-likeness (QED) is 0.464. The Morgan fingerprint density at radius 3 is 2.22 bits per heavy atom. The molecule has 1 unspecified atom stereocenters. The summed E-state index contributed by atoms with van der Waals surface area (Å²) in [6.45, 7) is 1.99. The van der Waals surface area contributed by atoms with E-state index in [0.29, 0.717) is 18.3 Å². The second-order valence-electron chi connectivity index (χ2n) is 5.37. The molecule has 0 heterocycles. The predicted octanol–water partition coefficient (Wildman–Crippen LogP) is 2.27. The number of amides is 1. The maximum atomic E-state index is 13.3. The molecule has 0 aromatic heterocycles. The highest BCUT2D eigenvalue weighted by molar-refractivity contribution is 7.68. The number of nitrogens with one attached hydrogen (secondary N) is 1. The molecule has 0 saturated heterocycles. The van der Waals surface area contributed by atoms with Crippen molar-refractivity contribution in [2.24, 2.45) is 0 Å². The molecule has 1 atom stereocenters. The maximum absolute atomic E-state index is 13.3. The molecule has 2 aromatic carbocycles. The fourth-order valence-corrected chi connectivity index (χ4v) is 4.31. The molecule has 5 nitrogen and oxygen atoms in total. The number of nitrogens with zero attached hydrogens (tertiary/aromatic N) is 1. The molecule has 1 amide bonds. The van der Waals surface area contributed by atoms with E-state index < -0.39 is 13.2 Å². The lowest BCUT2D eigenvalue weighted by Gasteiger charge is -2.28. The minimum absolute atomic E-state index is 0.119. The lowest BCUT2D eigenvalue weighted by Crippen LogP contribution is -2.37. The Labute approximate surface area is 136 Å². The molecular weight excluding hydrogens is 311 g/mol. The van der Waals surface area contributed by atoms with Crippen molar-refractivity contribution in [1.29, 1.82) is 0 Å². The van der Waals surface area contributed by atoms with Crippen LogP contribution in [0.15, 0.2) is 60.7 Å². The summed E-state index contributed by atoms with van der Waals surface area (Å²) in [5.74, 6) is -0.573. The fourth-order valence-electron chi connectivity index (χ4n) is 2.38. The van der Waals surface area contributed by atoms with Gasteiger partial charge in [-0.25, -0.2) is 10.2 Å². The van der Waals surface area contributed by atoms with Crippen molar-refractivity contribution in [2.45, 2.75) is 6.42 Å². The van der Waals surface area contributed by atoms with Gasteiger partial charge in [-0.3, -0.25) is 10.0 Å². The number of benzene rings is 2. The van der Waals surface area contributed by atoms with Crippen LogP contribution in [-0.4, -0.2) is 35.5 Å². The molecule has 0 fully saturated rings. The van der Waals surface area contributed by atoms with Crippen molar-refractivity contribution < 1.29 is 14.6 Å². The van der Waals surface area contributed by atoms with E-state index in [2.05, 4.69) is 0 Å². The summed E-state index contributed by atoms with van der Waals surface area (Å²) in [7, 11) is -2.90.